The number of hydrogen-bond acceptors (Lipinski definition) is 4. The average molecular weight is 229 g/mol. The van der Waals surface area contributed by atoms with Crippen molar-refractivity contribution in [3.05, 3.63) is 28.8 Å². The molecular formula is C12H11N3S. The quantitative estimate of drug-likeness (QED) is 0.753. The number of hydrogen-bond donors (Lipinski definition) is 1. The molecule has 0 spiro atoms. The Bertz CT molecular complexity index is 637. The van der Waals surface area contributed by atoms with Gasteiger partial charge < -0.3 is 5.32 Å². The molecule has 0 atom stereocenters. The standard InChI is InChI=1S/C12H11N3S/c1-6-4-7(2)15-12-9(6)10-11(16-12)8(3)13-5-14-10/h4-5H,3H2,1-2H3,(H,13,14). The maximum atomic E-state index is 4.55. The van der Waals surface area contributed by atoms with Gasteiger partial charge >= 0.3 is 0 Å². The topological polar surface area (TPSA) is 37.3 Å². The molecule has 1 N–H and O–H groups in total. The molecule has 3 nitrogen and oxygen atoms in total. The van der Waals surface area contributed by atoms with E-state index in [1.54, 1.807) is 17.7 Å². The summed E-state index contributed by atoms with van der Waals surface area (Å²) in [6.45, 7) is 8.10. The lowest BCUT2D eigenvalue weighted by Crippen LogP contribution is -2.10. The predicted molar refractivity (Wildman–Crippen MR) is 69.4 cm³/mol. The highest BCUT2D eigenvalue weighted by Gasteiger charge is 2.18. The number of fused-ring (bicyclic) bond motifs is 3. The molecule has 4 heteroatoms. The van der Waals surface area contributed by atoms with Crippen molar-refractivity contribution in [3.63, 3.8) is 0 Å². The Hall–Kier alpha value is -1.68. The van der Waals surface area contributed by atoms with Crippen molar-refractivity contribution in [3.8, 4) is 0 Å². The van der Waals surface area contributed by atoms with Crippen LogP contribution in [0.2, 0.25) is 0 Å². The van der Waals surface area contributed by atoms with Crippen LogP contribution < -0.4 is 5.32 Å². The lowest BCUT2D eigenvalue weighted by molar-refractivity contribution is 1.25. The van der Waals surface area contributed by atoms with Gasteiger partial charge in [0.1, 0.15) is 4.83 Å². The van der Waals surface area contributed by atoms with Gasteiger partial charge in [-0.3, -0.25) is 0 Å². The first-order valence-electron chi connectivity index (χ1n) is 5.06. The van der Waals surface area contributed by atoms with Gasteiger partial charge in [0.25, 0.3) is 0 Å². The van der Waals surface area contributed by atoms with Gasteiger partial charge in [-0.05, 0) is 25.5 Å². The van der Waals surface area contributed by atoms with Crippen LogP contribution in [-0.4, -0.2) is 11.3 Å². The minimum Gasteiger partial charge on any atom is -0.346 e. The molecule has 1 aliphatic heterocycles. The molecule has 16 heavy (non-hydrogen) atoms. The number of aliphatic imine (C=N–C) groups is 1. The summed E-state index contributed by atoms with van der Waals surface area (Å²) in [6.07, 6.45) is 1.69. The van der Waals surface area contributed by atoms with E-state index >= 15 is 0 Å². The molecule has 3 rings (SSSR count). The van der Waals surface area contributed by atoms with E-state index in [9.17, 15) is 0 Å². The van der Waals surface area contributed by atoms with Crippen LogP contribution in [0.5, 0.6) is 0 Å². The van der Waals surface area contributed by atoms with Crippen LogP contribution in [-0.2, 0) is 0 Å². The first-order chi connectivity index (χ1) is 7.66. The third-order valence-corrected chi connectivity index (χ3v) is 3.80. The minimum atomic E-state index is 0.907. The normalized spacial score (nSPS) is 14.0. The van der Waals surface area contributed by atoms with Crippen molar-refractivity contribution < 1.29 is 0 Å². The number of aryl methyl sites for hydroxylation is 2. The molecule has 0 unspecified atom stereocenters. The van der Waals surface area contributed by atoms with Crippen LogP contribution in [0.25, 0.3) is 15.9 Å². The van der Waals surface area contributed by atoms with Crippen LogP contribution in [0.3, 0.4) is 0 Å². The van der Waals surface area contributed by atoms with E-state index in [0.29, 0.717) is 0 Å². The minimum absolute atomic E-state index is 0.907. The predicted octanol–water partition coefficient (Wildman–Crippen LogP) is 3.15. The highest BCUT2D eigenvalue weighted by Crippen LogP contribution is 2.42. The van der Waals surface area contributed by atoms with Gasteiger partial charge in [0.15, 0.2) is 0 Å². The van der Waals surface area contributed by atoms with E-state index in [1.165, 1.54) is 5.56 Å². The van der Waals surface area contributed by atoms with Crippen molar-refractivity contribution in [1.29, 1.82) is 0 Å². The summed E-state index contributed by atoms with van der Waals surface area (Å²) in [6, 6.07) is 2.09. The third kappa shape index (κ3) is 1.20. The Labute approximate surface area is 97.5 Å². The van der Waals surface area contributed by atoms with E-state index in [1.807, 2.05) is 6.92 Å². The van der Waals surface area contributed by atoms with Crippen LogP contribution in [0.1, 0.15) is 16.1 Å². The Balaban J connectivity index is 2.46. The van der Waals surface area contributed by atoms with Gasteiger partial charge in [-0.1, -0.05) is 6.58 Å². The van der Waals surface area contributed by atoms with Crippen molar-refractivity contribution in [1.82, 2.24) is 10.3 Å². The Kier molecular flexibility index (Phi) is 1.88. The lowest BCUT2D eigenvalue weighted by atomic mass is 10.1. The summed E-state index contributed by atoms with van der Waals surface area (Å²) in [5, 5.41) is 4.19. The summed E-state index contributed by atoms with van der Waals surface area (Å²) >= 11 is 1.65. The highest BCUT2D eigenvalue weighted by atomic mass is 32.1. The summed E-state index contributed by atoms with van der Waals surface area (Å²) in [5.41, 5.74) is 4.19. The highest BCUT2D eigenvalue weighted by molar-refractivity contribution is 7.20. The van der Waals surface area contributed by atoms with Gasteiger partial charge in [-0.25, -0.2) is 9.98 Å². The maximum Gasteiger partial charge on any atom is 0.126 e. The molecule has 0 amide bonds. The summed E-state index contributed by atoms with van der Waals surface area (Å²) in [4.78, 5) is 11.1. The van der Waals surface area contributed by atoms with Crippen LogP contribution >= 0.6 is 11.3 Å². The van der Waals surface area contributed by atoms with E-state index in [0.717, 1.165) is 32.2 Å². The van der Waals surface area contributed by atoms with E-state index in [4.69, 9.17) is 0 Å². The molecule has 2 aromatic rings. The number of pyridine rings is 1. The van der Waals surface area contributed by atoms with Crippen molar-refractivity contribution in [2.75, 3.05) is 0 Å². The van der Waals surface area contributed by atoms with Gasteiger partial charge in [-0.15, -0.1) is 11.3 Å². The molecule has 1 aliphatic rings. The molecule has 0 aromatic carbocycles. The van der Waals surface area contributed by atoms with E-state index in [2.05, 4.69) is 34.9 Å². The van der Waals surface area contributed by atoms with E-state index in [-0.39, 0.29) is 0 Å². The molecule has 3 heterocycles. The largest absolute Gasteiger partial charge is 0.346 e. The monoisotopic (exact) mass is 229 g/mol. The summed E-state index contributed by atoms with van der Waals surface area (Å²) in [7, 11) is 0. The molecule has 0 saturated heterocycles. The van der Waals surface area contributed by atoms with Gasteiger partial charge in [-0.2, -0.15) is 0 Å². The Morgan fingerprint density at radius 1 is 1.38 bits per heavy atom. The summed E-state index contributed by atoms with van der Waals surface area (Å²) < 4.78 is 0. The fraction of sp³-hybridized carbons (Fsp3) is 0.167. The zero-order chi connectivity index (χ0) is 11.3. The third-order valence-electron chi connectivity index (χ3n) is 2.67. The number of thiophene rings is 1. The van der Waals surface area contributed by atoms with Crippen molar-refractivity contribution in [2.45, 2.75) is 13.8 Å². The fourth-order valence-corrected chi connectivity index (χ4v) is 3.17. The maximum absolute atomic E-state index is 4.55. The van der Waals surface area contributed by atoms with Gasteiger partial charge in [0.05, 0.1) is 22.6 Å². The molecule has 80 valence electrons. The second-order valence-electron chi connectivity index (χ2n) is 3.92. The number of rotatable bonds is 0. The molecule has 0 fully saturated rings. The Morgan fingerprint density at radius 3 is 3.00 bits per heavy atom. The molecule has 0 saturated carbocycles. The second-order valence-corrected chi connectivity index (χ2v) is 4.92. The zero-order valence-corrected chi connectivity index (χ0v) is 9.98. The van der Waals surface area contributed by atoms with Gasteiger partial charge in [0.2, 0.25) is 0 Å². The molecule has 0 aliphatic carbocycles. The van der Waals surface area contributed by atoms with Crippen molar-refractivity contribution in [2.24, 2.45) is 4.99 Å². The van der Waals surface area contributed by atoms with Crippen LogP contribution in [0, 0.1) is 13.8 Å². The molecular weight excluding hydrogens is 218 g/mol. The second kappa shape index (κ2) is 3.15. The van der Waals surface area contributed by atoms with Crippen molar-refractivity contribution >= 4 is 39.3 Å². The zero-order valence-electron chi connectivity index (χ0n) is 9.16. The number of aromatic nitrogens is 1. The average Bonchev–Trinajstić information content (AvgIpc) is 2.57. The molecule has 0 radical (unpaired) electrons. The SMILES string of the molecule is C=C1NC=Nc2c1sc1nc(C)cc(C)c21. The number of nitrogens with zero attached hydrogens (tertiary/aromatic N) is 2. The smallest absolute Gasteiger partial charge is 0.126 e. The Morgan fingerprint density at radius 2 is 2.19 bits per heavy atom. The molecule has 2 aromatic heterocycles. The first-order valence-corrected chi connectivity index (χ1v) is 5.87. The van der Waals surface area contributed by atoms with Crippen LogP contribution in [0.4, 0.5) is 5.69 Å². The van der Waals surface area contributed by atoms with E-state index < -0.39 is 0 Å². The fourth-order valence-electron chi connectivity index (χ4n) is 1.99. The van der Waals surface area contributed by atoms with Gasteiger partial charge in [0, 0.05) is 11.1 Å². The number of nitrogens with one attached hydrogen (secondary N) is 1. The van der Waals surface area contributed by atoms with Crippen LogP contribution in [0.15, 0.2) is 17.6 Å². The molecule has 0 bridgehead atoms. The lowest BCUT2D eigenvalue weighted by Gasteiger charge is -2.09. The summed E-state index contributed by atoms with van der Waals surface area (Å²) in [5.74, 6) is 0. The first kappa shape index (κ1) is 9.54.